The van der Waals surface area contributed by atoms with Crippen molar-refractivity contribution in [2.45, 2.75) is 152 Å². The average molecular weight is 748 g/mol. The van der Waals surface area contributed by atoms with E-state index in [0.717, 1.165) is 56.9 Å². The standard InChI is InChI=1S/C46H66ClNO5/c1-28(2)32-16-22-46(23-19-37(49)48-29(3)30-12-11-13-31(47)26-30)25-24-44(9)33(39(32)46)14-15-35-43(8)20-18-36(53-38(50)27-41(4,5)40(51)52)42(6,7)34(43)17-21-45(35,44)10/h11-13,19,23,26,28-29,33-36H,14-18,20-22,24-25,27H2,1-10H3,(H,48,49)(H,51,52)/t29-,33+,34-,35+,36-,43-,44+,45+,46+/m0/s1. The molecule has 5 aliphatic carbocycles. The Hall–Kier alpha value is -2.60. The number of halogens is 1. The van der Waals surface area contributed by atoms with E-state index in [-0.39, 0.29) is 51.5 Å². The zero-order chi connectivity index (χ0) is 38.9. The fraction of sp³-hybridized carbons (Fsp3) is 0.717. The Labute approximate surface area is 324 Å². The van der Waals surface area contributed by atoms with E-state index in [9.17, 15) is 19.5 Å². The van der Waals surface area contributed by atoms with Gasteiger partial charge in [0, 0.05) is 15.9 Å². The lowest BCUT2D eigenvalue weighted by molar-refractivity contribution is -0.232. The third-order valence-corrected chi connectivity index (χ3v) is 16.6. The van der Waals surface area contributed by atoms with Crippen molar-refractivity contribution in [2.75, 3.05) is 0 Å². The number of nitrogens with one attached hydrogen (secondary N) is 1. The number of carbonyl (C=O) groups excluding carboxylic acids is 2. The van der Waals surface area contributed by atoms with Gasteiger partial charge in [0.1, 0.15) is 6.10 Å². The lowest BCUT2D eigenvalue weighted by Gasteiger charge is -2.72. The molecule has 2 N–H and O–H groups in total. The van der Waals surface area contributed by atoms with Crippen molar-refractivity contribution in [1.29, 1.82) is 0 Å². The number of benzene rings is 1. The monoisotopic (exact) mass is 747 g/mol. The summed E-state index contributed by atoms with van der Waals surface area (Å²) >= 11 is 6.25. The molecule has 7 heteroatoms. The molecule has 0 aromatic heterocycles. The highest BCUT2D eigenvalue weighted by atomic mass is 35.5. The predicted molar refractivity (Wildman–Crippen MR) is 212 cm³/mol. The van der Waals surface area contributed by atoms with Crippen molar-refractivity contribution >= 4 is 29.4 Å². The topological polar surface area (TPSA) is 92.7 Å². The maximum atomic E-state index is 13.4. The first-order valence-electron chi connectivity index (χ1n) is 20.5. The molecule has 1 aromatic rings. The number of amides is 1. The first kappa shape index (κ1) is 40.1. The number of hydrogen-bond acceptors (Lipinski definition) is 4. The summed E-state index contributed by atoms with van der Waals surface area (Å²) in [5.74, 6) is 0.554. The van der Waals surface area contributed by atoms with E-state index in [2.05, 4.69) is 59.9 Å². The third-order valence-electron chi connectivity index (χ3n) is 16.4. The molecule has 0 aliphatic heterocycles. The summed E-state index contributed by atoms with van der Waals surface area (Å²) < 4.78 is 6.19. The molecule has 53 heavy (non-hydrogen) atoms. The van der Waals surface area contributed by atoms with Gasteiger partial charge in [-0.15, -0.1) is 0 Å². The Balaban J connectivity index is 1.24. The first-order valence-corrected chi connectivity index (χ1v) is 20.9. The Morgan fingerprint density at radius 3 is 2.32 bits per heavy atom. The van der Waals surface area contributed by atoms with Crippen LogP contribution in [-0.2, 0) is 19.1 Å². The van der Waals surface area contributed by atoms with E-state index < -0.39 is 17.4 Å². The van der Waals surface area contributed by atoms with Gasteiger partial charge >= 0.3 is 11.9 Å². The van der Waals surface area contributed by atoms with Crippen LogP contribution in [0.1, 0.15) is 151 Å². The van der Waals surface area contributed by atoms with Crippen molar-refractivity contribution in [3.05, 3.63) is 58.1 Å². The largest absolute Gasteiger partial charge is 0.481 e. The molecule has 0 bridgehead atoms. The molecular weight excluding hydrogens is 682 g/mol. The van der Waals surface area contributed by atoms with Gasteiger partial charge in [0.15, 0.2) is 0 Å². The van der Waals surface area contributed by atoms with Gasteiger partial charge < -0.3 is 15.2 Å². The summed E-state index contributed by atoms with van der Waals surface area (Å²) in [6, 6.07) is 7.57. The lowest BCUT2D eigenvalue weighted by atomic mass is 9.33. The number of ether oxygens (including phenoxy) is 1. The van der Waals surface area contributed by atoms with Gasteiger partial charge in [0.2, 0.25) is 5.91 Å². The van der Waals surface area contributed by atoms with Gasteiger partial charge in [0.05, 0.1) is 17.9 Å². The van der Waals surface area contributed by atoms with Gasteiger partial charge in [-0.2, -0.15) is 0 Å². The van der Waals surface area contributed by atoms with Crippen LogP contribution in [0.4, 0.5) is 0 Å². The van der Waals surface area contributed by atoms with E-state index in [1.807, 2.05) is 37.3 Å². The van der Waals surface area contributed by atoms with Crippen LogP contribution >= 0.6 is 11.6 Å². The fourth-order valence-electron chi connectivity index (χ4n) is 13.2. The highest BCUT2D eigenvalue weighted by Crippen LogP contribution is 2.77. The van der Waals surface area contributed by atoms with Crippen molar-refractivity contribution in [2.24, 2.45) is 56.2 Å². The Morgan fingerprint density at radius 1 is 0.943 bits per heavy atom. The molecule has 1 aromatic carbocycles. The smallest absolute Gasteiger partial charge is 0.309 e. The zero-order valence-corrected chi connectivity index (χ0v) is 34.9. The third kappa shape index (κ3) is 6.63. The number of esters is 1. The molecule has 1 amide bonds. The molecule has 5 aliphatic rings. The number of fused-ring (bicyclic) bond motifs is 7. The zero-order valence-electron chi connectivity index (χ0n) is 34.2. The molecule has 0 saturated heterocycles. The van der Waals surface area contributed by atoms with Gasteiger partial charge in [0.25, 0.3) is 0 Å². The number of allylic oxidation sites excluding steroid dienone is 3. The minimum atomic E-state index is -1.15. The second-order valence-corrected chi connectivity index (χ2v) is 20.6. The Bertz CT molecular complexity index is 1690. The highest BCUT2D eigenvalue weighted by molar-refractivity contribution is 6.30. The summed E-state index contributed by atoms with van der Waals surface area (Å²) in [4.78, 5) is 38.3. The molecular formula is C46H66ClNO5. The maximum Gasteiger partial charge on any atom is 0.309 e. The number of rotatable bonds is 9. The van der Waals surface area contributed by atoms with Crippen molar-refractivity contribution in [3.8, 4) is 0 Å². The highest BCUT2D eigenvalue weighted by Gasteiger charge is 2.69. The average Bonchev–Trinajstić information content (AvgIpc) is 3.45. The van der Waals surface area contributed by atoms with Crippen LogP contribution in [0.3, 0.4) is 0 Å². The minimum Gasteiger partial charge on any atom is -0.481 e. The fourth-order valence-corrected chi connectivity index (χ4v) is 13.4. The van der Waals surface area contributed by atoms with Crippen LogP contribution in [0.5, 0.6) is 0 Å². The van der Waals surface area contributed by atoms with E-state index in [4.69, 9.17) is 16.3 Å². The second-order valence-electron chi connectivity index (χ2n) is 20.2. The van der Waals surface area contributed by atoms with Gasteiger partial charge in [-0.25, -0.2) is 0 Å². The molecule has 292 valence electrons. The van der Waals surface area contributed by atoms with Gasteiger partial charge in [-0.1, -0.05) is 89.4 Å². The summed E-state index contributed by atoms with van der Waals surface area (Å²) in [6.45, 7) is 22.4. The number of carboxylic acid groups (broad SMARTS) is 1. The van der Waals surface area contributed by atoms with Crippen molar-refractivity contribution < 1.29 is 24.2 Å². The van der Waals surface area contributed by atoms with Crippen LogP contribution < -0.4 is 5.32 Å². The second kappa shape index (κ2) is 13.9. The lowest BCUT2D eigenvalue weighted by Crippen LogP contribution is -2.65. The summed E-state index contributed by atoms with van der Waals surface area (Å²) in [5, 5.41) is 13.5. The first-order chi connectivity index (χ1) is 24.6. The Morgan fingerprint density at radius 2 is 1.66 bits per heavy atom. The molecule has 6 rings (SSSR count). The predicted octanol–water partition coefficient (Wildman–Crippen LogP) is 11.3. The molecule has 0 spiro atoms. The molecule has 0 heterocycles. The SMILES string of the molecule is CC(C)C1=C2[C@H]3CC[C@@H]4[C@@]5(C)CC[C@H](OC(=O)CC(C)(C)C(=O)O)C(C)(C)[C@@H]5CC[C@@]4(C)[C@]3(C)CC[C@]2(C=CC(=O)N[C@@H](C)c2cccc(Cl)c2)CC1. The molecule has 4 fully saturated rings. The molecule has 0 radical (unpaired) electrons. The maximum absolute atomic E-state index is 13.4. The van der Waals surface area contributed by atoms with Crippen LogP contribution in [0, 0.1) is 56.2 Å². The molecule has 9 atom stereocenters. The van der Waals surface area contributed by atoms with Crippen molar-refractivity contribution in [3.63, 3.8) is 0 Å². The van der Waals surface area contributed by atoms with E-state index in [1.54, 1.807) is 25.0 Å². The van der Waals surface area contributed by atoms with Crippen LogP contribution in [0.25, 0.3) is 0 Å². The molecule has 4 saturated carbocycles. The number of hydrogen-bond donors (Lipinski definition) is 2. The summed E-state index contributed by atoms with van der Waals surface area (Å²) in [7, 11) is 0. The summed E-state index contributed by atoms with van der Waals surface area (Å²) in [6.07, 6.45) is 14.8. The van der Waals surface area contributed by atoms with Gasteiger partial charge in [-0.3, -0.25) is 14.4 Å². The van der Waals surface area contributed by atoms with Crippen molar-refractivity contribution in [1.82, 2.24) is 5.32 Å². The number of carbonyl (C=O) groups is 3. The Kier molecular flexibility index (Phi) is 10.5. The quantitative estimate of drug-likeness (QED) is 0.149. The van der Waals surface area contributed by atoms with E-state index in [0.29, 0.717) is 28.7 Å². The van der Waals surface area contributed by atoms with Gasteiger partial charge in [-0.05, 0) is 149 Å². The summed E-state index contributed by atoms with van der Waals surface area (Å²) in [5.41, 5.74) is 3.34. The van der Waals surface area contributed by atoms with Crippen LogP contribution in [0.15, 0.2) is 47.6 Å². The minimum absolute atomic E-state index is 0.0473. The van der Waals surface area contributed by atoms with E-state index >= 15 is 0 Å². The molecule has 6 nitrogen and oxygen atoms in total. The molecule has 0 unspecified atom stereocenters. The van der Waals surface area contributed by atoms with Crippen LogP contribution in [-0.4, -0.2) is 29.1 Å². The number of carboxylic acids is 1. The number of aliphatic carboxylic acids is 1. The van der Waals surface area contributed by atoms with E-state index in [1.165, 1.54) is 12.8 Å². The van der Waals surface area contributed by atoms with Crippen LogP contribution in [0.2, 0.25) is 5.02 Å². The normalized spacial score (nSPS) is 37.0.